The highest BCUT2D eigenvalue weighted by molar-refractivity contribution is 7.92. The van der Waals surface area contributed by atoms with Gasteiger partial charge in [0.25, 0.3) is 0 Å². The topological polar surface area (TPSA) is 87.3 Å². The summed E-state index contributed by atoms with van der Waals surface area (Å²) >= 11 is 0. The fraction of sp³-hybridized carbons (Fsp3) is 0.240. The second-order valence-corrected chi connectivity index (χ2v) is 9.53. The van der Waals surface area contributed by atoms with E-state index in [-0.39, 0.29) is 18.0 Å². The summed E-state index contributed by atoms with van der Waals surface area (Å²) in [5.41, 5.74) is 3.81. The number of carbonyl (C=O) groups excluding carboxylic acids is 1. The van der Waals surface area contributed by atoms with Crippen LogP contribution < -0.4 is 15.4 Å². The zero-order valence-corrected chi connectivity index (χ0v) is 19.1. The number of anilines is 1. The van der Waals surface area contributed by atoms with E-state index in [1.165, 1.54) is 11.1 Å². The van der Waals surface area contributed by atoms with Crippen LogP contribution in [0.4, 0.5) is 10.5 Å². The second-order valence-electron chi connectivity index (χ2n) is 7.78. The van der Waals surface area contributed by atoms with E-state index >= 15 is 0 Å². The molecule has 3 aromatic rings. The van der Waals surface area contributed by atoms with Crippen molar-refractivity contribution in [1.82, 2.24) is 10.6 Å². The van der Waals surface area contributed by atoms with E-state index in [4.69, 9.17) is 0 Å². The maximum absolute atomic E-state index is 12.4. The molecule has 1 atom stereocenters. The quantitative estimate of drug-likeness (QED) is 0.443. The zero-order chi connectivity index (χ0) is 23.0. The third-order valence-corrected chi connectivity index (χ3v) is 5.79. The van der Waals surface area contributed by atoms with Crippen LogP contribution in [0, 0.1) is 0 Å². The van der Waals surface area contributed by atoms with Gasteiger partial charge in [0, 0.05) is 18.2 Å². The first-order valence-corrected chi connectivity index (χ1v) is 12.4. The van der Waals surface area contributed by atoms with Crippen molar-refractivity contribution in [3.63, 3.8) is 0 Å². The van der Waals surface area contributed by atoms with E-state index < -0.39 is 10.0 Å². The van der Waals surface area contributed by atoms with Crippen LogP contribution in [-0.4, -0.2) is 27.2 Å². The molecule has 0 unspecified atom stereocenters. The van der Waals surface area contributed by atoms with Crippen LogP contribution in [0.2, 0.25) is 0 Å². The predicted octanol–water partition coefficient (Wildman–Crippen LogP) is 4.64. The fourth-order valence-electron chi connectivity index (χ4n) is 3.61. The number of carbonyl (C=O) groups is 1. The van der Waals surface area contributed by atoms with Crippen LogP contribution in [0.25, 0.3) is 0 Å². The molecule has 3 rings (SSSR count). The summed E-state index contributed by atoms with van der Waals surface area (Å²) in [6.45, 7) is 2.42. The molecule has 0 aliphatic rings. The van der Waals surface area contributed by atoms with E-state index in [0.717, 1.165) is 18.2 Å². The molecule has 168 valence electrons. The highest BCUT2D eigenvalue weighted by Gasteiger charge is 2.15. The van der Waals surface area contributed by atoms with Crippen LogP contribution in [0.1, 0.15) is 42.0 Å². The summed E-state index contributed by atoms with van der Waals surface area (Å²) < 4.78 is 25.1. The Kier molecular flexibility index (Phi) is 7.89. The Hall–Kier alpha value is -3.32. The van der Waals surface area contributed by atoms with Gasteiger partial charge in [-0.2, -0.15) is 0 Å². The molecule has 0 aliphatic carbocycles. The first-order chi connectivity index (χ1) is 15.3. The molecule has 6 nitrogen and oxygen atoms in total. The van der Waals surface area contributed by atoms with Gasteiger partial charge in [0.05, 0.1) is 12.3 Å². The van der Waals surface area contributed by atoms with Crippen LogP contribution in [0.15, 0.2) is 84.9 Å². The van der Waals surface area contributed by atoms with E-state index in [1.807, 2.05) is 43.3 Å². The van der Waals surface area contributed by atoms with Crippen molar-refractivity contribution < 1.29 is 13.2 Å². The Bertz CT molecular complexity index is 1060. The average Bonchev–Trinajstić information content (AvgIpc) is 2.77. The summed E-state index contributed by atoms with van der Waals surface area (Å²) in [5.74, 6) is 0.199. The first kappa shape index (κ1) is 23.3. The summed E-state index contributed by atoms with van der Waals surface area (Å²) in [5, 5.41) is 5.88. The molecule has 0 radical (unpaired) electrons. The number of benzene rings is 3. The number of amides is 2. The normalized spacial score (nSPS) is 12.2. The van der Waals surface area contributed by atoms with Crippen molar-refractivity contribution in [1.29, 1.82) is 0 Å². The van der Waals surface area contributed by atoms with Gasteiger partial charge in [-0.3, -0.25) is 4.72 Å². The monoisotopic (exact) mass is 451 g/mol. The molecule has 0 saturated heterocycles. The summed E-state index contributed by atoms with van der Waals surface area (Å²) in [4.78, 5) is 12.4. The number of hydrogen-bond acceptors (Lipinski definition) is 3. The maximum Gasteiger partial charge on any atom is 0.315 e. The molecule has 3 aromatic carbocycles. The molecule has 0 aliphatic heterocycles. The van der Waals surface area contributed by atoms with Gasteiger partial charge in [-0.25, -0.2) is 13.2 Å². The van der Waals surface area contributed by atoms with E-state index in [1.54, 1.807) is 24.3 Å². The molecule has 0 aromatic heterocycles. The van der Waals surface area contributed by atoms with Crippen molar-refractivity contribution in [2.24, 2.45) is 0 Å². The smallest absolute Gasteiger partial charge is 0.315 e. The Balaban J connectivity index is 1.54. The molecular weight excluding hydrogens is 422 g/mol. The van der Waals surface area contributed by atoms with E-state index in [9.17, 15) is 13.2 Å². The first-order valence-electron chi connectivity index (χ1n) is 10.5. The minimum atomic E-state index is -3.32. The molecule has 0 saturated carbocycles. The van der Waals surface area contributed by atoms with Crippen LogP contribution in [-0.2, 0) is 10.0 Å². The molecule has 7 heteroatoms. The Morgan fingerprint density at radius 2 is 1.34 bits per heavy atom. The van der Waals surface area contributed by atoms with Gasteiger partial charge < -0.3 is 10.6 Å². The number of hydrogen-bond donors (Lipinski definition) is 3. The lowest BCUT2D eigenvalue weighted by atomic mass is 9.88. The van der Waals surface area contributed by atoms with Crippen molar-refractivity contribution >= 4 is 21.7 Å². The lowest BCUT2D eigenvalue weighted by Gasteiger charge is -2.20. The van der Waals surface area contributed by atoms with Gasteiger partial charge >= 0.3 is 6.03 Å². The lowest BCUT2D eigenvalue weighted by Crippen LogP contribution is -2.37. The number of urea groups is 1. The molecule has 32 heavy (non-hydrogen) atoms. The SMILES string of the molecule is C[C@H](NC(=O)NCCC(c1ccccc1)c1ccccc1)c1ccc(NS(C)(=O)=O)cc1. The summed E-state index contributed by atoms with van der Waals surface area (Å²) in [7, 11) is -3.32. The van der Waals surface area contributed by atoms with Gasteiger partial charge in [-0.15, -0.1) is 0 Å². The summed E-state index contributed by atoms with van der Waals surface area (Å²) in [6.07, 6.45) is 1.89. The Labute approximate surface area is 190 Å². The third kappa shape index (κ3) is 7.13. The van der Waals surface area contributed by atoms with Crippen molar-refractivity contribution in [2.75, 3.05) is 17.5 Å². The minimum absolute atomic E-state index is 0.199. The van der Waals surface area contributed by atoms with E-state index in [2.05, 4.69) is 39.6 Å². The van der Waals surface area contributed by atoms with Gasteiger partial charge in [-0.1, -0.05) is 72.8 Å². The largest absolute Gasteiger partial charge is 0.338 e. The van der Waals surface area contributed by atoms with Crippen LogP contribution >= 0.6 is 0 Å². The molecule has 0 heterocycles. The number of rotatable bonds is 9. The van der Waals surface area contributed by atoms with Crippen LogP contribution in [0.3, 0.4) is 0 Å². The Morgan fingerprint density at radius 1 is 0.812 bits per heavy atom. The second kappa shape index (κ2) is 10.8. The zero-order valence-electron chi connectivity index (χ0n) is 18.3. The highest BCUT2D eigenvalue weighted by atomic mass is 32.2. The molecular formula is C25H29N3O3S. The predicted molar refractivity (Wildman–Crippen MR) is 129 cm³/mol. The van der Waals surface area contributed by atoms with E-state index in [0.29, 0.717) is 12.2 Å². The average molecular weight is 452 g/mol. The third-order valence-electron chi connectivity index (χ3n) is 5.18. The number of sulfonamides is 1. The molecule has 0 bridgehead atoms. The minimum Gasteiger partial charge on any atom is -0.338 e. The van der Waals surface area contributed by atoms with Gasteiger partial charge in [-0.05, 0) is 42.2 Å². The number of nitrogens with one attached hydrogen (secondary N) is 3. The molecule has 3 N–H and O–H groups in total. The van der Waals surface area contributed by atoms with Crippen molar-refractivity contribution in [2.45, 2.75) is 25.3 Å². The van der Waals surface area contributed by atoms with Gasteiger partial charge in [0.1, 0.15) is 0 Å². The van der Waals surface area contributed by atoms with Crippen LogP contribution in [0.5, 0.6) is 0 Å². The highest BCUT2D eigenvalue weighted by Crippen LogP contribution is 2.27. The standard InChI is InChI=1S/C25H29N3O3S/c1-19(20-13-15-23(16-14-20)28-32(2,30)31)27-25(29)26-18-17-24(21-9-5-3-6-10-21)22-11-7-4-8-12-22/h3-16,19,24,28H,17-18H2,1-2H3,(H2,26,27,29)/t19-/m0/s1. The lowest BCUT2D eigenvalue weighted by molar-refractivity contribution is 0.237. The maximum atomic E-state index is 12.4. The molecule has 0 fully saturated rings. The van der Waals surface area contributed by atoms with Crippen molar-refractivity contribution in [3.05, 3.63) is 102 Å². The fourth-order valence-corrected chi connectivity index (χ4v) is 4.18. The summed E-state index contributed by atoms with van der Waals surface area (Å²) in [6, 6.07) is 27.1. The van der Waals surface area contributed by atoms with Gasteiger partial charge in [0.15, 0.2) is 0 Å². The van der Waals surface area contributed by atoms with Crippen molar-refractivity contribution in [3.8, 4) is 0 Å². The molecule has 0 spiro atoms. The Morgan fingerprint density at radius 3 is 1.84 bits per heavy atom. The van der Waals surface area contributed by atoms with Gasteiger partial charge in [0.2, 0.25) is 10.0 Å². The molecule has 2 amide bonds.